The van der Waals surface area contributed by atoms with Crippen LogP contribution in [0.5, 0.6) is 0 Å². The van der Waals surface area contributed by atoms with E-state index in [9.17, 15) is 9.18 Å². The third-order valence-corrected chi connectivity index (χ3v) is 5.45. The molecule has 2 aromatic carbocycles. The van der Waals surface area contributed by atoms with E-state index >= 15 is 0 Å². The van der Waals surface area contributed by atoms with Crippen LogP contribution >= 0.6 is 0 Å². The van der Waals surface area contributed by atoms with Crippen LogP contribution in [0.4, 0.5) is 4.39 Å². The van der Waals surface area contributed by atoms with Crippen LogP contribution in [0.15, 0.2) is 48.5 Å². The van der Waals surface area contributed by atoms with E-state index in [2.05, 4.69) is 45.3 Å². The van der Waals surface area contributed by atoms with Crippen molar-refractivity contribution in [1.82, 2.24) is 21.1 Å². The smallest absolute Gasteiger partial charge is 0.221 e. The minimum Gasteiger partial charge on any atom is -0.356 e. The molecule has 1 amide bonds. The number of halogens is 1. The van der Waals surface area contributed by atoms with Gasteiger partial charge in [-0.3, -0.25) is 15.1 Å². The lowest BCUT2D eigenvalue weighted by Gasteiger charge is -2.20. The third kappa shape index (κ3) is 4.35. The lowest BCUT2D eigenvalue weighted by molar-refractivity contribution is -0.121. The number of hydrogen-bond donors (Lipinski definition) is 3. The van der Waals surface area contributed by atoms with Crippen molar-refractivity contribution >= 4 is 5.91 Å². The number of nitrogens with zero attached hydrogens (tertiary/aromatic N) is 1. The molecule has 2 aromatic rings. The maximum absolute atomic E-state index is 13.1. The first-order valence-corrected chi connectivity index (χ1v) is 9.49. The molecule has 5 nitrogen and oxygen atoms in total. The average molecular weight is 368 g/mol. The molecule has 27 heavy (non-hydrogen) atoms. The molecule has 4 rings (SSSR count). The molecule has 142 valence electrons. The second-order valence-electron chi connectivity index (χ2n) is 7.35. The number of rotatable bonds is 6. The normalized spacial score (nSPS) is 22.0. The fraction of sp³-hybridized carbons (Fsp3) is 0.381. The van der Waals surface area contributed by atoms with Crippen molar-refractivity contribution in [1.29, 1.82) is 0 Å². The summed E-state index contributed by atoms with van der Waals surface area (Å²) in [5.74, 6) is 0.0739. The monoisotopic (exact) mass is 368 g/mol. The molecular formula is C21H25FN4O. The molecule has 0 aromatic heterocycles. The van der Waals surface area contributed by atoms with Gasteiger partial charge in [-0.1, -0.05) is 36.4 Å². The highest BCUT2D eigenvalue weighted by Gasteiger charge is 2.28. The molecule has 0 bridgehead atoms. The Morgan fingerprint density at radius 2 is 1.81 bits per heavy atom. The standard InChI is InChI=1S/C21H25FN4O/c22-19-7-5-15(6-8-19)21-18(12-24-25-21)11-23-20(27)9-10-26-13-16-3-1-2-4-17(16)14-26/h1-8,18,21,24-25H,9-14H2,(H,23,27). The molecule has 0 radical (unpaired) electrons. The Hall–Kier alpha value is -2.28. The van der Waals surface area contributed by atoms with E-state index in [-0.39, 0.29) is 23.7 Å². The van der Waals surface area contributed by atoms with Crippen molar-refractivity contribution in [2.24, 2.45) is 5.92 Å². The van der Waals surface area contributed by atoms with E-state index < -0.39 is 0 Å². The SMILES string of the molecule is O=C(CCN1Cc2ccccc2C1)NCC1CNNC1c1ccc(F)cc1. The Morgan fingerprint density at radius 3 is 2.52 bits per heavy atom. The molecular weight excluding hydrogens is 343 g/mol. The molecule has 2 atom stereocenters. The number of carbonyl (C=O) groups is 1. The zero-order valence-electron chi connectivity index (χ0n) is 15.2. The van der Waals surface area contributed by atoms with Crippen LogP contribution in [0.3, 0.4) is 0 Å². The molecule has 2 aliphatic rings. The lowest BCUT2D eigenvalue weighted by Crippen LogP contribution is -2.34. The molecule has 0 aliphatic carbocycles. The Balaban J connectivity index is 1.23. The molecule has 0 saturated carbocycles. The van der Waals surface area contributed by atoms with Gasteiger partial charge in [0.1, 0.15) is 5.82 Å². The molecule has 1 fully saturated rings. The van der Waals surface area contributed by atoms with Gasteiger partial charge in [-0.25, -0.2) is 9.82 Å². The average Bonchev–Trinajstić information content (AvgIpc) is 3.31. The summed E-state index contributed by atoms with van der Waals surface area (Å²) in [6.07, 6.45) is 0.503. The van der Waals surface area contributed by atoms with Crippen LogP contribution in [0.25, 0.3) is 0 Å². The second-order valence-corrected chi connectivity index (χ2v) is 7.35. The van der Waals surface area contributed by atoms with Crippen molar-refractivity contribution in [3.05, 3.63) is 71.0 Å². The fourth-order valence-corrected chi connectivity index (χ4v) is 3.91. The molecule has 2 unspecified atom stereocenters. The quantitative estimate of drug-likeness (QED) is 0.731. The van der Waals surface area contributed by atoms with Crippen molar-refractivity contribution in [3.63, 3.8) is 0 Å². The van der Waals surface area contributed by atoms with Gasteiger partial charge in [0.05, 0.1) is 6.04 Å². The Labute approximate surface area is 158 Å². The molecule has 0 spiro atoms. The van der Waals surface area contributed by atoms with Gasteiger partial charge in [-0.15, -0.1) is 0 Å². The van der Waals surface area contributed by atoms with E-state index in [0.29, 0.717) is 13.0 Å². The van der Waals surface area contributed by atoms with E-state index in [1.54, 1.807) is 12.1 Å². The largest absolute Gasteiger partial charge is 0.356 e. The first-order valence-electron chi connectivity index (χ1n) is 9.49. The summed E-state index contributed by atoms with van der Waals surface area (Å²) in [7, 11) is 0. The van der Waals surface area contributed by atoms with Crippen molar-refractivity contribution in [2.75, 3.05) is 19.6 Å². The number of amides is 1. The maximum atomic E-state index is 13.1. The van der Waals surface area contributed by atoms with Crippen LogP contribution in [-0.2, 0) is 17.9 Å². The number of carbonyl (C=O) groups excluding carboxylic acids is 1. The zero-order valence-corrected chi connectivity index (χ0v) is 15.2. The first kappa shape index (κ1) is 18.1. The minimum absolute atomic E-state index is 0.0685. The highest BCUT2D eigenvalue weighted by atomic mass is 19.1. The summed E-state index contributed by atoms with van der Waals surface area (Å²) in [5.41, 5.74) is 10.1. The number of hydrazine groups is 1. The van der Waals surface area contributed by atoms with Gasteiger partial charge in [-0.2, -0.15) is 0 Å². The van der Waals surface area contributed by atoms with E-state index in [1.165, 1.54) is 23.3 Å². The second kappa shape index (κ2) is 8.17. The van der Waals surface area contributed by atoms with Crippen molar-refractivity contribution in [3.8, 4) is 0 Å². The Kier molecular flexibility index (Phi) is 5.48. The van der Waals surface area contributed by atoms with Gasteiger partial charge in [0.2, 0.25) is 5.91 Å². The lowest BCUT2D eigenvalue weighted by atomic mass is 9.95. The summed E-state index contributed by atoms with van der Waals surface area (Å²) < 4.78 is 13.1. The summed E-state index contributed by atoms with van der Waals surface area (Å²) in [6.45, 7) is 3.98. The van der Waals surface area contributed by atoms with Gasteiger partial charge in [0.25, 0.3) is 0 Å². The third-order valence-electron chi connectivity index (χ3n) is 5.45. The van der Waals surface area contributed by atoms with E-state index in [1.807, 2.05) is 0 Å². The summed E-state index contributed by atoms with van der Waals surface area (Å²) in [4.78, 5) is 14.6. The predicted molar refractivity (Wildman–Crippen MR) is 102 cm³/mol. The van der Waals surface area contributed by atoms with Crippen LogP contribution < -0.4 is 16.2 Å². The fourth-order valence-electron chi connectivity index (χ4n) is 3.91. The molecule has 3 N–H and O–H groups in total. The molecule has 1 saturated heterocycles. The van der Waals surface area contributed by atoms with Gasteiger partial charge in [-0.05, 0) is 28.8 Å². The summed E-state index contributed by atoms with van der Waals surface area (Å²) in [6, 6.07) is 15.0. The molecule has 2 heterocycles. The van der Waals surface area contributed by atoms with Crippen LogP contribution in [0.2, 0.25) is 0 Å². The van der Waals surface area contributed by atoms with E-state index in [4.69, 9.17) is 0 Å². The van der Waals surface area contributed by atoms with Gasteiger partial charge in [0, 0.05) is 45.1 Å². The van der Waals surface area contributed by atoms with Crippen LogP contribution in [-0.4, -0.2) is 30.4 Å². The van der Waals surface area contributed by atoms with Crippen molar-refractivity contribution < 1.29 is 9.18 Å². The number of fused-ring (bicyclic) bond motifs is 1. The minimum atomic E-state index is -0.237. The number of nitrogens with one attached hydrogen (secondary N) is 3. The van der Waals surface area contributed by atoms with Gasteiger partial charge < -0.3 is 5.32 Å². The topological polar surface area (TPSA) is 56.4 Å². The summed E-state index contributed by atoms with van der Waals surface area (Å²) >= 11 is 0. The Morgan fingerprint density at radius 1 is 1.11 bits per heavy atom. The Bertz CT molecular complexity index is 770. The van der Waals surface area contributed by atoms with Crippen LogP contribution in [0.1, 0.15) is 29.2 Å². The molecule has 6 heteroatoms. The van der Waals surface area contributed by atoms with Gasteiger partial charge >= 0.3 is 0 Å². The highest BCUT2D eigenvalue weighted by molar-refractivity contribution is 5.76. The van der Waals surface area contributed by atoms with E-state index in [0.717, 1.165) is 31.7 Å². The zero-order chi connectivity index (χ0) is 18.6. The highest BCUT2D eigenvalue weighted by Crippen LogP contribution is 2.25. The number of hydrogen-bond acceptors (Lipinski definition) is 4. The maximum Gasteiger partial charge on any atom is 0.221 e. The summed E-state index contributed by atoms with van der Waals surface area (Å²) in [5, 5.41) is 3.06. The first-order chi connectivity index (χ1) is 13.2. The number of benzene rings is 2. The molecule has 2 aliphatic heterocycles. The van der Waals surface area contributed by atoms with Gasteiger partial charge in [0.15, 0.2) is 0 Å². The predicted octanol–water partition coefficient (Wildman–Crippen LogP) is 2.11. The van der Waals surface area contributed by atoms with Crippen LogP contribution in [0, 0.1) is 11.7 Å². The van der Waals surface area contributed by atoms with Crippen molar-refractivity contribution in [2.45, 2.75) is 25.6 Å².